The Morgan fingerprint density at radius 3 is 2.72 bits per heavy atom. The molecule has 1 saturated heterocycles. The Kier molecular flexibility index (Phi) is 4.78. The van der Waals surface area contributed by atoms with Crippen LogP contribution in [0, 0.1) is 12.8 Å². The van der Waals surface area contributed by atoms with Crippen LogP contribution in [0.4, 0.5) is 0 Å². The Labute approximate surface area is 110 Å². The Hall–Kier alpha value is -0.870. The number of aromatic nitrogens is 2. The zero-order chi connectivity index (χ0) is 13.0. The van der Waals surface area contributed by atoms with E-state index in [0.717, 1.165) is 19.0 Å². The number of aryl methyl sites for hydroxylation is 2. The van der Waals surface area contributed by atoms with Crippen molar-refractivity contribution in [1.82, 2.24) is 20.0 Å². The Morgan fingerprint density at radius 2 is 2.17 bits per heavy atom. The quantitative estimate of drug-likeness (QED) is 0.861. The van der Waals surface area contributed by atoms with Crippen LogP contribution >= 0.6 is 0 Å². The monoisotopic (exact) mass is 250 g/mol. The van der Waals surface area contributed by atoms with Gasteiger partial charge in [-0.05, 0) is 45.3 Å². The first-order valence-corrected chi connectivity index (χ1v) is 7.11. The lowest BCUT2D eigenvalue weighted by Gasteiger charge is -2.29. The molecule has 0 radical (unpaired) electrons. The smallest absolute Gasteiger partial charge is 0.0638 e. The summed E-state index contributed by atoms with van der Waals surface area (Å²) in [6, 6.07) is 0. The third-order valence-electron chi connectivity index (χ3n) is 3.93. The van der Waals surface area contributed by atoms with Crippen molar-refractivity contribution in [3.63, 3.8) is 0 Å². The number of rotatable bonds is 5. The fourth-order valence-electron chi connectivity index (χ4n) is 2.78. The van der Waals surface area contributed by atoms with Gasteiger partial charge in [-0.25, -0.2) is 0 Å². The number of hydrogen-bond donors (Lipinski definition) is 1. The molecular formula is C14H26N4. The van der Waals surface area contributed by atoms with Crippen LogP contribution in [0.3, 0.4) is 0 Å². The number of hydrogen-bond acceptors (Lipinski definition) is 3. The minimum Gasteiger partial charge on any atom is -0.317 e. The molecule has 1 fully saturated rings. The van der Waals surface area contributed by atoms with Crippen molar-refractivity contribution in [2.45, 2.75) is 33.2 Å². The summed E-state index contributed by atoms with van der Waals surface area (Å²) in [4.78, 5) is 2.56. The van der Waals surface area contributed by atoms with Crippen LogP contribution in [0.15, 0.2) is 6.20 Å². The van der Waals surface area contributed by atoms with Crippen molar-refractivity contribution in [3.05, 3.63) is 17.5 Å². The van der Waals surface area contributed by atoms with Crippen molar-refractivity contribution in [3.8, 4) is 0 Å². The summed E-state index contributed by atoms with van der Waals surface area (Å²) in [6.45, 7) is 10.1. The summed E-state index contributed by atoms with van der Waals surface area (Å²) in [5.74, 6) is 0.864. The largest absolute Gasteiger partial charge is 0.317 e. The number of piperidine rings is 1. The highest BCUT2D eigenvalue weighted by Crippen LogP contribution is 2.16. The summed E-state index contributed by atoms with van der Waals surface area (Å²) in [7, 11) is 2.00. The molecule has 1 aromatic heterocycles. The molecule has 0 aliphatic carbocycles. The molecule has 0 amide bonds. The van der Waals surface area contributed by atoms with E-state index in [1.54, 1.807) is 0 Å². The van der Waals surface area contributed by atoms with Crippen molar-refractivity contribution in [2.24, 2.45) is 13.0 Å². The molecule has 4 nitrogen and oxygen atoms in total. The second-order valence-corrected chi connectivity index (χ2v) is 5.43. The third kappa shape index (κ3) is 3.56. The second-order valence-electron chi connectivity index (χ2n) is 5.43. The molecule has 102 valence electrons. The first kappa shape index (κ1) is 13.6. The Morgan fingerprint density at radius 1 is 1.44 bits per heavy atom. The molecule has 1 aliphatic heterocycles. The molecule has 0 saturated carbocycles. The van der Waals surface area contributed by atoms with Gasteiger partial charge in [0, 0.05) is 31.9 Å². The van der Waals surface area contributed by atoms with Gasteiger partial charge in [0.25, 0.3) is 0 Å². The molecule has 2 rings (SSSR count). The highest BCUT2D eigenvalue weighted by molar-refractivity contribution is 5.14. The van der Waals surface area contributed by atoms with Gasteiger partial charge in [0.05, 0.1) is 5.69 Å². The average Bonchev–Trinajstić information content (AvgIpc) is 2.68. The fraction of sp³-hybridized carbons (Fsp3) is 0.786. The van der Waals surface area contributed by atoms with Gasteiger partial charge in [-0.15, -0.1) is 0 Å². The molecule has 18 heavy (non-hydrogen) atoms. The zero-order valence-corrected chi connectivity index (χ0v) is 11.9. The van der Waals surface area contributed by atoms with Crippen LogP contribution < -0.4 is 5.32 Å². The van der Waals surface area contributed by atoms with E-state index in [0.29, 0.717) is 0 Å². The van der Waals surface area contributed by atoms with E-state index in [9.17, 15) is 0 Å². The van der Waals surface area contributed by atoms with Crippen LogP contribution in [0.1, 0.15) is 31.0 Å². The van der Waals surface area contributed by atoms with Crippen LogP contribution in [0.2, 0.25) is 0 Å². The summed E-state index contributed by atoms with van der Waals surface area (Å²) in [6.07, 6.45) is 4.80. The predicted octanol–water partition coefficient (Wildman–Crippen LogP) is 1.55. The van der Waals surface area contributed by atoms with Gasteiger partial charge in [0.15, 0.2) is 0 Å². The molecule has 1 aromatic rings. The highest BCUT2D eigenvalue weighted by Gasteiger charge is 2.17. The van der Waals surface area contributed by atoms with Crippen molar-refractivity contribution >= 4 is 0 Å². The third-order valence-corrected chi connectivity index (χ3v) is 3.93. The van der Waals surface area contributed by atoms with Gasteiger partial charge in [0.2, 0.25) is 0 Å². The first-order valence-electron chi connectivity index (χ1n) is 7.11. The molecule has 0 aromatic carbocycles. The number of nitrogens with zero attached hydrogens (tertiary/aromatic N) is 3. The Balaban J connectivity index is 1.90. The van der Waals surface area contributed by atoms with Crippen molar-refractivity contribution in [1.29, 1.82) is 0 Å². The van der Waals surface area contributed by atoms with E-state index in [1.807, 2.05) is 11.7 Å². The van der Waals surface area contributed by atoms with Gasteiger partial charge >= 0.3 is 0 Å². The lowest BCUT2D eigenvalue weighted by Crippen LogP contribution is -2.35. The van der Waals surface area contributed by atoms with Gasteiger partial charge in [-0.2, -0.15) is 5.10 Å². The molecule has 1 aliphatic rings. The van der Waals surface area contributed by atoms with Crippen LogP contribution in [0.5, 0.6) is 0 Å². The summed E-state index contributed by atoms with van der Waals surface area (Å²) in [5.41, 5.74) is 2.54. The minimum atomic E-state index is 0.864. The summed E-state index contributed by atoms with van der Waals surface area (Å²) in [5, 5.41) is 7.86. The van der Waals surface area contributed by atoms with Gasteiger partial charge in [0.1, 0.15) is 0 Å². The molecular weight excluding hydrogens is 224 g/mol. The van der Waals surface area contributed by atoms with E-state index in [2.05, 4.69) is 35.4 Å². The molecule has 2 heterocycles. The minimum absolute atomic E-state index is 0.864. The van der Waals surface area contributed by atoms with E-state index in [4.69, 9.17) is 0 Å². The number of nitrogens with one attached hydrogen (secondary N) is 1. The average molecular weight is 250 g/mol. The summed E-state index contributed by atoms with van der Waals surface area (Å²) < 4.78 is 1.92. The van der Waals surface area contributed by atoms with Crippen LogP contribution in [-0.2, 0) is 13.6 Å². The van der Waals surface area contributed by atoms with Crippen molar-refractivity contribution in [2.75, 3.05) is 26.2 Å². The molecule has 0 bridgehead atoms. The molecule has 1 N–H and O–H groups in total. The maximum atomic E-state index is 4.43. The zero-order valence-electron chi connectivity index (χ0n) is 11.9. The van der Waals surface area contributed by atoms with E-state index in [1.165, 1.54) is 43.7 Å². The lowest BCUT2D eigenvalue weighted by atomic mass is 9.97. The standard InChI is InChI=1S/C14H26N4/c1-4-18(9-13-5-7-15-8-6-13)11-14-10-17(3)16-12(14)2/h10,13,15H,4-9,11H2,1-3H3. The topological polar surface area (TPSA) is 33.1 Å². The van der Waals surface area contributed by atoms with Gasteiger partial charge in [-0.1, -0.05) is 6.92 Å². The van der Waals surface area contributed by atoms with Crippen LogP contribution in [-0.4, -0.2) is 40.9 Å². The van der Waals surface area contributed by atoms with E-state index in [-0.39, 0.29) is 0 Å². The van der Waals surface area contributed by atoms with Gasteiger partial charge in [-0.3, -0.25) is 9.58 Å². The molecule has 0 spiro atoms. The molecule has 0 unspecified atom stereocenters. The highest BCUT2D eigenvalue weighted by atomic mass is 15.3. The maximum absolute atomic E-state index is 4.43. The summed E-state index contributed by atoms with van der Waals surface area (Å²) >= 11 is 0. The van der Waals surface area contributed by atoms with Crippen LogP contribution in [0.25, 0.3) is 0 Å². The van der Waals surface area contributed by atoms with E-state index < -0.39 is 0 Å². The fourth-order valence-corrected chi connectivity index (χ4v) is 2.78. The maximum Gasteiger partial charge on any atom is 0.0638 e. The lowest BCUT2D eigenvalue weighted by molar-refractivity contribution is 0.207. The SMILES string of the molecule is CCN(Cc1cn(C)nc1C)CC1CCNCC1. The first-order chi connectivity index (χ1) is 8.69. The predicted molar refractivity (Wildman–Crippen MR) is 74.5 cm³/mol. The van der Waals surface area contributed by atoms with Crippen molar-refractivity contribution < 1.29 is 0 Å². The van der Waals surface area contributed by atoms with E-state index >= 15 is 0 Å². The Bertz CT molecular complexity index is 366. The van der Waals surface area contributed by atoms with Gasteiger partial charge < -0.3 is 5.32 Å². The molecule has 4 heteroatoms. The molecule has 0 atom stereocenters. The normalized spacial score (nSPS) is 17.6. The second kappa shape index (κ2) is 6.34.